The SMILES string of the molecule is O=C(c1cc(-c2ccccc2)c(N2CCCCC2)s1)N1CCC2(CC1)OCCO2. The first-order valence-electron chi connectivity index (χ1n) is 10.8. The van der Waals surface area contributed by atoms with Crippen molar-refractivity contribution in [3.8, 4) is 11.1 Å². The number of carbonyl (C=O) groups excluding carboxylic acids is 1. The molecule has 3 aliphatic heterocycles. The minimum Gasteiger partial charge on any atom is -0.363 e. The van der Waals surface area contributed by atoms with Crippen LogP contribution in [0.4, 0.5) is 5.00 Å². The van der Waals surface area contributed by atoms with Gasteiger partial charge in [-0.15, -0.1) is 11.3 Å². The Morgan fingerprint density at radius 2 is 1.62 bits per heavy atom. The van der Waals surface area contributed by atoms with Gasteiger partial charge in [0.2, 0.25) is 0 Å². The maximum Gasteiger partial charge on any atom is 0.264 e. The van der Waals surface area contributed by atoms with Crippen LogP contribution in [-0.2, 0) is 9.47 Å². The first-order valence-corrected chi connectivity index (χ1v) is 11.6. The van der Waals surface area contributed by atoms with Crippen LogP contribution < -0.4 is 4.90 Å². The average molecular weight is 413 g/mol. The molecule has 6 heteroatoms. The highest BCUT2D eigenvalue weighted by Gasteiger charge is 2.41. The lowest BCUT2D eigenvalue weighted by Gasteiger charge is -2.37. The van der Waals surface area contributed by atoms with Crippen molar-refractivity contribution in [3.05, 3.63) is 41.3 Å². The van der Waals surface area contributed by atoms with Gasteiger partial charge in [0.15, 0.2) is 5.79 Å². The van der Waals surface area contributed by atoms with Gasteiger partial charge in [-0.2, -0.15) is 0 Å². The van der Waals surface area contributed by atoms with Crippen molar-refractivity contribution in [2.75, 3.05) is 44.3 Å². The quantitative estimate of drug-likeness (QED) is 0.750. The van der Waals surface area contributed by atoms with Gasteiger partial charge in [-0.05, 0) is 30.9 Å². The number of hydrogen-bond acceptors (Lipinski definition) is 5. The Kier molecular flexibility index (Phi) is 5.33. The first-order chi connectivity index (χ1) is 14.2. The van der Waals surface area contributed by atoms with E-state index in [1.54, 1.807) is 11.3 Å². The number of carbonyl (C=O) groups is 1. The highest BCUT2D eigenvalue weighted by molar-refractivity contribution is 7.18. The monoisotopic (exact) mass is 412 g/mol. The zero-order chi connectivity index (χ0) is 19.7. The number of amides is 1. The zero-order valence-electron chi connectivity index (χ0n) is 16.8. The number of rotatable bonds is 3. The van der Waals surface area contributed by atoms with Crippen molar-refractivity contribution < 1.29 is 14.3 Å². The van der Waals surface area contributed by atoms with Crippen LogP contribution in [0.3, 0.4) is 0 Å². The molecule has 1 aromatic heterocycles. The lowest BCUT2D eigenvalue weighted by Crippen LogP contribution is -2.47. The summed E-state index contributed by atoms with van der Waals surface area (Å²) < 4.78 is 11.6. The van der Waals surface area contributed by atoms with Crippen LogP contribution in [0.25, 0.3) is 11.1 Å². The summed E-state index contributed by atoms with van der Waals surface area (Å²) in [7, 11) is 0. The third kappa shape index (κ3) is 3.81. The number of benzene rings is 1. The smallest absolute Gasteiger partial charge is 0.264 e. The molecule has 0 saturated carbocycles. The molecule has 1 spiro atoms. The fourth-order valence-electron chi connectivity index (χ4n) is 4.64. The molecule has 0 unspecified atom stereocenters. The lowest BCUT2D eigenvalue weighted by atomic mass is 10.0. The summed E-state index contributed by atoms with van der Waals surface area (Å²) in [5.41, 5.74) is 2.38. The van der Waals surface area contributed by atoms with Gasteiger partial charge in [-0.1, -0.05) is 30.3 Å². The Hall–Kier alpha value is -1.89. The number of likely N-dealkylation sites (tertiary alicyclic amines) is 1. The summed E-state index contributed by atoms with van der Waals surface area (Å²) in [6.45, 7) is 4.87. The van der Waals surface area contributed by atoms with E-state index in [1.807, 2.05) is 11.0 Å². The summed E-state index contributed by atoms with van der Waals surface area (Å²) in [6, 6.07) is 12.6. The molecule has 3 saturated heterocycles. The standard InChI is InChI=1S/C23H28N2O3S/c26-21(24-13-9-23(10-14-24)27-15-16-28-23)20-17-19(18-7-3-1-4-8-18)22(29-20)25-11-5-2-6-12-25/h1,3-4,7-8,17H,2,5-6,9-16H2. The number of thiophene rings is 1. The summed E-state index contributed by atoms with van der Waals surface area (Å²) in [5, 5.41) is 1.25. The van der Waals surface area contributed by atoms with Crippen LogP contribution in [0.1, 0.15) is 41.8 Å². The Labute approximate surface area is 176 Å². The molecule has 1 aromatic carbocycles. The van der Waals surface area contributed by atoms with Crippen LogP contribution in [-0.4, -0.2) is 56.0 Å². The van der Waals surface area contributed by atoms with Gasteiger partial charge in [0.25, 0.3) is 5.91 Å². The number of hydrogen-bond donors (Lipinski definition) is 0. The molecule has 0 bridgehead atoms. The molecule has 29 heavy (non-hydrogen) atoms. The largest absolute Gasteiger partial charge is 0.363 e. The van der Waals surface area contributed by atoms with E-state index in [0.717, 1.165) is 30.8 Å². The van der Waals surface area contributed by atoms with Crippen molar-refractivity contribution in [1.82, 2.24) is 4.90 Å². The van der Waals surface area contributed by atoms with E-state index in [4.69, 9.17) is 9.47 Å². The van der Waals surface area contributed by atoms with Gasteiger partial charge in [-0.25, -0.2) is 0 Å². The Morgan fingerprint density at radius 1 is 0.931 bits per heavy atom. The Balaban J connectivity index is 1.39. The second kappa shape index (κ2) is 8.09. The van der Waals surface area contributed by atoms with E-state index < -0.39 is 5.79 Å². The van der Waals surface area contributed by atoms with E-state index in [9.17, 15) is 4.79 Å². The highest BCUT2D eigenvalue weighted by atomic mass is 32.1. The Morgan fingerprint density at radius 3 is 2.31 bits per heavy atom. The number of piperidine rings is 2. The fraction of sp³-hybridized carbons (Fsp3) is 0.522. The molecular formula is C23H28N2O3S. The molecule has 0 atom stereocenters. The lowest BCUT2D eigenvalue weighted by molar-refractivity contribution is -0.181. The molecule has 3 aliphatic rings. The van der Waals surface area contributed by atoms with Crippen LogP contribution >= 0.6 is 11.3 Å². The van der Waals surface area contributed by atoms with Gasteiger partial charge >= 0.3 is 0 Å². The molecule has 2 aromatic rings. The van der Waals surface area contributed by atoms with Gasteiger partial charge in [-0.3, -0.25) is 4.79 Å². The first kappa shape index (κ1) is 19.1. The van der Waals surface area contributed by atoms with Crippen molar-refractivity contribution in [2.45, 2.75) is 37.9 Å². The van der Waals surface area contributed by atoms with Crippen LogP contribution in [0.5, 0.6) is 0 Å². The van der Waals surface area contributed by atoms with Gasteiger partial charge in [0, 0.05) is 44.6 Å². The number of ether oxygens (including phenoxy) is 2. The average Bonchev–Trinajstić information content (AvgIpc) is 3.43. The van der Waals surface area contributed by atoms with Gasteiger partial charge in [0.05, 0.1) is 23.1 Å². The van der Waals surface area contributed by atoms with Gasteiger partial charge in [0.1, 0.15) is 0 Å². The summed E-state index contributed by atoms with van der Waals surface area (Å²) in [6.07, 6.45) is 5.27. The number of anilines is 1. The van der Waals surface area contributed by atoms with E-state index in [0.29, 0.717) is 26.3 Å². The molecule has 5 rings (SSSR count). The predicted octanol–water partition coefficient (Wildman–Crippen LogP) is 4.38. The summed E-state index contributed by atoms with van der Waals surface area (Å²) in [4.78, 5) is 18.6. The van der Waals surface area contributed by atoms with Crippen LogP contribution in [0.2, 0.25) is 0 Å². The van der Waals surface area contributed by atoms with Crippen molar-refractivity contribution in [3.63, 3.8) is 0 Å². The van der Waals surface area contributed by atoms with Crippen molar-refractivity contribution >= 4 is 22.2 Å². The summed E-state index contributed by atoms with van der Waals surface area (Å²) >= 11 is 1.66. The van der Waals surface area contributed by atoms with Gasteiger partial charge < -0.3 is 19.3 Å². The van der Waals surface area contributed by atoms with Crippen molar-refractivity contribution in [1.29, 1.82) is 0 Å². The minimum atomic E-state index is -0.444. The zero-order valence-corrected chi connectivity index (χ0v) is 17.6. The fourth-order valence-corrected chi connectivity index (χ4v) is 5.84. The Bertz CT molecular complexity index is 844. The predicted molar refractivity (Wildman–Crippen MR) is 116 cm³/mol. The van der Waals surface area contributed by atoms with Crippen molar-refractivity contribution in [2.24, 2.45) is 0 Å². The summed E-state index contributed by atoms with van der Waals surface area (Å²) in [5.74, 6) is -0.302. The molecule has 3 fully saturated rings. The van der Waals surface area contributed by atoms with E-state index in [1.165, 1.54) is 35.4 Å². The molecule has 1 amide bonds. The molecule has 0 N–H and O–H groups in total. The third-order valence-electron chi connectivity index (χ3n) is 6.28. The molecule has 0 aliphatic carbocycles. The number of nitrogens with zero attached hydrogens (tertiary/aromatic N) is 2. The molecular weight excluding hydrogens is 384 g/mol. The van der Waals surface area contributed by atoms with Crippen LogP contribution in [0, 0.1) is 0 Å². The van der Waals surface area contributed by atoms with E-state index >= 15 is 0 Å². The highest BCUT2D eigenvalue weighted by Crippen LogP contribution is 2.41. The van der Waals surface area contributed by atoms with Crippen LogP contribution in [0.15, 0.2) is 36.4 Å². The normalized spacial score (nSPS) is 21.7. The minimum absolute atomic E-state index is 0.142. The molecule has 4 heterocycles. The molecule has 154 valence electrons. The second-order valence-corrected chi connectivity index (χ2v) is 9.17. The second-order valence-electron chi connectivity index (χ2n) is 8.14. The van der Waals surface area contributed by atoms with E-state index in [-0.39, 0.29) is 5.91 Å². The third-order valence-corrected chi connectivity index (χ3v) is 7.46. The topological polar surface area (TPSA) is 42.0 Å². The molecule has 0 radical (unpaired) electrons. The molecule has 5 nitrogen and oxygen atoms in total. The maximum absolute atomic E-state index is 13.3. The van der Waals surface area contributed by atoms with E-state index in [2.05, 4.69) is 35.2 Å². The maximum atomic E-state index is 13.3.